The second-order valence-corrected chi connectivity index (χ2v) is 7.14. The lowest BCUT2D eigenvalue weighted by molar-refractivity contribution is -0.0363. The summed E-state index contributed by atoms with van der Waals surface area (Å²) in [5, 5.41) is 12.5. The third-order valence-electron chi connectivity index (χ3n) is 4.89. The minimum Gasteiger partial charge on any atom is -0.493 e. The monoisotopic (exact) mass is 433 g/mol. The van der Waals surface area contributed by atoms with Gasteiger partial charge in [-0.25, -0.2) is 18.7 Å². The van der Waals surface area contributed by atoms with Crippen LogP contribution >= 0.6 is 11.6 Å². The Balaban J connectivity index is 1.87. The number of hydrogen-bond donors (Lipinski definition) is 1. The van der Waals surface area contributed by atoms with E-state index < -0.39 is 18.5 Å². The lowest BCUT2D eigenvalue weighted by Crippen LogP contribution is -2.20. The number of halogens is 3. The molecule has 1 atom stereocenters. The summed E-state index contributed by atoms with van der Waals surface area (Å²) in [6.45, 7) is 0.483. The van der Waals surface area contributed by atoms with Crippen molar-refractivity contribution in [1.82, 2.24) is 14.5 Å². The molecule has 3 aromatic rings. The molecule has 7 nitrogen and oxygen atoms in total. The zero-order chi connectivity index (χ0) is 21.3. The van der Waals surface area contributed by atoms with Crippen molar-refractivity contribution in [1.29, 1.82) is 5.26 Å². The molecule has 1 aromatic carbocycles. The minimum atomic E-state index is -2.81. The summed E-state index contributed by atoms with van der Waals surface area (Å²) < 4.78 is 40.0. The molecule has 0 amide bonds. The van der Waals surface area contributed by atoms with Gasteiger partial charge in [-0.2, -0.15) is 5.26 Å². The van der Waals surface area contributed by atoms with Crippen LogP contribution in [0.3, 0.4) is 0 Å². The Kier molecular flexibility index (Phi) is 5.70. The number of aromatic nitrogens is 3. The number of rotatable bonds is 5. The first-order valence-electron chi connectivity index (χ1n) is 9.35. The van der Waals surface area contributed by atoms with Crippen molar-refractivity contribution in [3.63, 3.8) is 0 Å². The maximum Gasteiger partial charge on any atom is 0.295 e. The van der Waals surface area contributed by atoms with E-state index in [-0.39, 0.29) is 16.3 Å². The van der Waals surface area contributed by atoms with Crippen molar-refractivity contribution in [3.05, 3.63) is 40.8 Å². The van der Waals surface area contributed by atoms with Crippen LogP contribution in [-0.2, 0) is 4.74 Å². The van der Waals surface area contributed by atoms with Gasteiger partial charge < -0.3 is 14.8 Å². The summed E-state index contributed by atoms with van der Waals surface area (Å²) in [7, 11) is 1.44. The van der Waals surface area contributed by atoms with E-state index in [2.05, 4.69) is 21.4 Å². The van der Waals surface area contributed by atoms with Gasteiger partial charge >= 0.3 is 0 Å². The molecule has 1 saturated heterocycles. The number of imidazole rings is 1. The molecule has 3 heterocycles. The van der Waals surface area contributed by atoms with Crippen LogP contribution in [0.5, 0.6) is 5.75 Å². The Morgan fingerprint density at radius 2 is 2.17 bits per heavy atom. The Morgan fingerprint density at radius 3 is 2.83 bits per heavy atom. The van der Waals surface area contributed by atoms with Crippen LogP contribution in [0.15, 0.2) is 24.3 Å². The predicted molar refractivity (Wildman–Crippen MR) is 107 cm³/mol. The number of nitrogens with one attached hydrogen (secondary N) is 1. The molecule has 0 aliphatic carbocycles. The highest BCUT2D eigenvalue weighted by atomic mass is 35.5. The third kappa shape index (κ3) is 3.64. The molecule has 0 spiro atoms. The van der Waals surface area contributed by atoms with E-state index in [1.54, 1.807) is 18.2 Å². The summed E-state index contributed by atoms with van der Waals surface area (Å²) in [6.07, 6.45) is -1.07. The van der Waals surface area contributed by atoms with Gasteiger partial charge in [-0.3, -0.25) is 4.57 Å². The van der Waals surface area contributed by atoms with Crippen molar-refractivity contribution in [2.24, 2.45) is 0 Å². The molecule has 4 rings (SSSR count). The Morgan fingerprint density at radius 1 is 1.33 bits per heavy atom. The van der Waals surface area contributed by atoms with Gasteiger partial charge in [0, 0.05) is 12.7 Å². The molecule has 30 heavy (non-hydrogen) atoms. The summed E-state index contributed by atoms with van der Waals surface area (Å²) in [4.78, 5) is 8.43. The fourth-order valence-electron chi connectivity index (χ4n) is 3.60. The van der Waals surface area contributed by atoms with E-state index in [0.29, 0.717) is 35.7 Å². The van der Waals surface area contributed by atoms with Crippen molar-refractivity contribution in [2.75, 3.05) is 19.0 Å². The molecular formula is C20H18ClF2N5O2. The number of benzene rings is 1. The van der Waals surface area contributed by atoms with E-state index in [9.17, 15) is 14.0 Å². The standard InChI is InChI=1S/C20H18ClF2N5O2/c1-29-17-11(10-24)5-4-6-12(17)25-13-9-14(21)26-19-16(13)27-20(18(22)23)28(19)15-7-2-3-8-30-15/h4-6,9,15,18H,2-3,7-8H2,1H3,(H,25,26). The van der Waals surface area contributed by atoms with E-state index in [0.717, 1.165) is 12.8 Å². The lowest BCUT2D eigenvalue weighted by Gasteiger charge is -2.25. The zero-order valence-electron chi connectivity index (χ0n) is 16.0. The number of pyridine rings is 1. The average molecular weight is 434 g/mol. The van der Waals surface area contributed by atoms with Gasteiger partial charge in [0.05, 0.1) is 24.0 Å². The Hall–Kier alpha value is -2.96. The van der Waals surface area contributed by atoms with Crippen molar-refractivity contribution in [2.45, 2.75) is 31.9 Å². The highest BCUT2D eigenvalue weighted by Gasteiger charge is 2.29. The highest BCUT2D eigenvalue weighted by molar-refractivity contribution is 6.30. The van der Waals surface area contributed by atoms with Gasteiger partial charge in [-0.15, -0.1) is 0 Å². The van der Waals surface area contributed by atoms with Gasteiger partial charge in [-0.05, 0) is 31.4 Å². The predicted octanol–water partition coefficient (Wildman–Crippen LogP) is 5.35. The van der Waals surface area contributed by atoms with Crippen molar-refractivity contribution in [3.8, 4) is 11.8 Å². The second kappa shape index (κ2) is 8.42. The maximum absolute atomic E-state index is 13.8. The van der Waals surface area contributed by atoms with Crippen molar-refractivity contribution < 1.29 is 18.3 Å². The molecule has 1 aliphatic rings. The maximum atomic E-state index is 13.8. The quantitative estimate of drug-likeness (QED) is 0.546. The number of ether oxygens (including phenoxy) is 2. The fraction of sp³-hybridized carbons (Fsp3) is 0.350. The van der Waals surface area contributed by atoms with Gasteiger partial charge in [0.1, 0.15) is 23.0 Å². The van der Waals surface area contributed by atoms with E-state index in [1.807, 2.05) is 0 Å². The number of nitriles is 1. The van der Waals surface area contributed by atoms with Gasteiger partial charge in [-0.1, -0.05) is 17.7 Å². The van der Waals surface area contributed by atoms with Crippen LogP contribution in [0, 0.1) is 11.3 Å². The number of nitrogens with zero attached hydrogens (tertiary/aromatic N) is 4. The van der Waals surface area contributed by atoms with Crippen LogP contribution in [0.1, 0.15) is 43.3 Å². The first-order valence-corrected chi connectivity index (χ1v) is 9.73. The first kappa shape index (κ1) is 20.3. The summed E-state index contributed by atoms with van der Waals surface area (Å²) in [5.41, 5.74) is 1.61. The molecule has 10 heteroatoms. The number of hydrogen-bond acceptors (Lipinski definition) is 6. The molecule has 0 bridgehead atoms. The first-order chi connectivity index (χ1) is 14.5. The van der Waals surface area contributed by atoms with Crippen LogP contribution in [0.25, 0.3) is 11.2 Å². The molecule has 2 aromatic heterocycles. The lowest BCUT2D eigenvalue weighted by atomic mass is 10.1. The molecule has 1 aliphatic heterocycles. The number of methoxy groups -OCH3 is 1. The van der Waals surface area contributed by atoms with Crippen LogP contribution in [0.4, 0.5) is 20.2 Å². The second-order valence-electron chi connectivity index (χ2n) is 6.75. The fourth-order valence-corrected chi connectivity index (χ4v) is 3.79. The zero-order valence-corrected chi connectivity index (χ0v) is 16.8. The van der Waals surface area contributed by atoms with Gasteiger partial charge in [0.2, 0.25) is 0 Å². The Bertz CT molecular complexity index is 1120. The molecular weight excluding hydrogens is 416 g/mol. The molecule has 0 radical (unpaired) electrons. The highest BCUT2D eigenvalue weighted by Crippen LogP contribution is 2.38. The van der Waals surface area contributed by atoms with E-state index in [1.165, 1.54) is 17.7 Å². The molecule has 0 saturated carbocycles. The molecule has 1 unspecified atom stereocenters. The summed E-state index contributed by atoms with van der Waals surface area (Å²) >= 11 is 6.22. The normalized spacial score (nSPS) is 16.6. The Labute approximate surface area is 176 Å². The molecule has 156 valence electrons. The summed E-state index contributed by atoms with van der Waals surface area (Å²) in [6, 6.07) is 8.55. The number of para-hydroxylation sites is 1. The van der Waals surface area contributed by atoms with Gasteiger partial charge in [0.25, 0.3) is 6.43 Å². The minimum absolute atomic E-state index is 0.109. The van der Waals surface area contributed by atoms with Crippen molar-refractivity contribution >= 4 is 34.1 Å². The third-order valence-corrected chi connectivity index (χ3v) is 5.09. The number of fused-ring (bicyclic) bond motifs is 1. The largest absolute Gasteiger partial charge is 0.493 e. The SMILES string of the molecule is COc1c(C#N)cccc1Nc1cc(Cl)nc2c1nc(C(F)F)n2C1CCCCO1. The molecule has 1 fully saturated rings. The number of alkyl halides is 2. The number of anilines is 2. The van der Waals surface area contributed by atoms with Crippen LogP contribution in [0.2, 0.25) is 5.15 Å². The van der Waals surface area contributed by atoms with E-state index in [4.69, 9.17) is 21.1 Å². The van der Waals surface area contributed by atoms with Gasteiger partial charge in [0.15, 0.2) is 17.2 Å². The topological polar surface area (TPSA) is 85.0 Å². The summed E-state index contributed by atoms with van der Waals surface area (Å²) in [5.74, 6) is -0.0994. The van der Waals surface area contributed by atoms with Crippen LogP contribution in [-0.4, -0.2) is 28.3 Å². The average Bonchev–Trinajstić information content (AvgIpc) is 3.14. The van der Waals surface area contributed by atoms with E-state index >= 15 is 0 Å². The molecule has 1 N–H and O–H groups in total. The van der Waals surface area contributed by atoms with Crippen LogP contribution < -0.4 is 10.1 Å². The smallest absolute Gasteiger partial charge is 0.295 e.